The van der Waals surface area contributed by atoms with Gasteiger partial charge in [0.2, 0.25) is 0 Å². The first-order valence-electron chi connectivity index (χ1n) is 5.27. The monoisotopic (exact) mass is 196 g/mol. The maximum atomic E-state index is 10.8. The van der Waals surface area contributed by atoms with Gasteiger partial charge in [-0.1, -0.05) is 20.8 Å². The summed E-state index contributed by atoms with van der Waals surface area (Å²) in [4.78, 5) is 10.8. The van der Waals surface area contributed by atoms with E-state index >= 15 is 0 Å². The summed E-state index contributed by atoms with van der Waals surface area (Å²) in [6.45, 7) is 8.19. The van der Waals surface area contributed by atoms with Gasteiger partial charge in [-0.2, -0.15) is 0 Å². The Bertz CT molecular complexity index is 246. The zero-order chi connectivity index (χ0) is 10.8. The Kier molecular flexibility index (Phi) is 3.35. The van der Waals surface area contributed by atoms with Gasteiger partial charge >= 0.3 is 5.97 Å². The number of rotatable bonds is 1. The SMILES string of the molecule is CC(=O)OC1=CCCC(C(C)(C)C)C1. The first-order valence-corrected chi connectivity index (χ1v) is 5.27. The van der Waals surface area contributed by atoms with Crippen LogP contribution in [0.3, 0.4) is 0 Å². The molecule has 1 aliphatic rings. The zero-order valence-electron chi connectivity index (χ0n) is 9.59. The van der Waals surface area contributed by atoms with Crippen LogP contribution in [0.5, 0.6) is 0 Å². The fourth-order valence-corrected chi connectivity index (χ4v) is 1.88. The fourth-order valence-electron chi connectivity index (χ4n) is 1.88. The van der Waals surface area contributed by atoms with Gasteiger partial charge in [0.1, 0.15) is 5.76 Å². The fraction of sp³-hybridized carbons (Fsp3) is 0.750. The summed E-state index contributed by atoms with van der Waals surface area (Å²) in [6.07, 6.45) is 5.19. The Labute approximate surface area is 86.3 Å². The van der Waals surface area contributed by atoms with Gasteiger partial charge in [-0.3, -0.25) is 4.79 Å². The number of esters is 1. The highest BCUT2D eigenvalue weighted by atomic mass is 16.5. The molecule has 1 rings (SSSR count). The lowest BCUT2D eigenvalue weighted by molar-refractivity contribution is -0.137. The Morgan fingerprint density at radius 3 is 2.64 bits per heavy atom. The van der Waals surface area contributed by atoms with Crippen LogP contribution >= 0.6 is 0 Å². The third-order valence-corrected chi connectivity index (χ3v) is 2.83. The van der Waals surface area contributed by atoms with Gasteiger partial charge in [0.15, 0.2) is 0 Å². The van der Waals surface area contributed by atoms with Crippen molar-refractivity contribution >= 4 is 5.97 Å². The molecule has 1 atom stereocenters. The minimum Gasteiger partial charge on any atom is -0.432 e. The Balaban J connectivity index is 2.58. The van der Waals surface area contributed by atoms with E-state index in [1.54, 1.807) is 0 Å². The highest BCUT2D eigenvalue weighted by Crippen LogP contribution is 2.37. The molecule has 0 spiro atoms. The van der Waals surface area contributed by atoms with Crippen LogP contribution in [0.15, 0.2) is 11.8 Å². The molecule has 0 aromatic heterocycles. The average molecular weight is 196 g/mol. The quantitative estimate of drug-likeness (QED) is 0.601. The summed E-state index contributed by atoms with van der Waals surface area (Å²) >= 11 is 0. The van der Waals surface area contributed by atoms with Crippen LogP contribution in [0.25, 0.3) is 0 Å². The van der Waals surface area contributed by atoms with Crippen LogP contribution in [0.1, 0.15) is 47.0 Å². The van der Waals surface area contributed by atoms with Crippen molar-refractivity contribution < 1.29 is 9.53 Å². The number of carbonyl (C=O) groups excluding carboxylic acids is 1. The standard InChI is InChI=1S/C12H20O2/c1-9(13)14-11-7-5-6-10(8-11)12(2,3)4/h7,10H,5-6,8H2,1-4H3. The normalized spacial score (nSPS) is 22.9. The minimum atomic E-state index is -0.203. The molecule has 1 unspecified atom stereocenters. The average Bonchev–Trinajstić information content (AvgIpc) is 2.01. The summed E-state index contributed by atoms with van der Waals surface area (Å²) in [5, 5.41) is 0. The second-order valence-electron chi connectivity index (χ2n) is 5.11. The van der Waals surface area contributed by atoms with Gasteiger partial charge in [-0.15, -0.1) is 0 Å². The van der Waals surface area contributed by atoms with Crippen molar-refractivity contribution in [2.75, 3.05) is 0 Å². The number of ether oxygens (including phenoxy) is 1. The Morgan fingerprint density at radius 1 is 1.50 bits per heavy atom. The molecule has 2 nitrogen and oxygen atoms in total. The first-order chi connectivity index (χ1) is 6.39. The predicted molar refractivity (Wildman–Crippen MR) is 56.6 cm³/mol. The van der Waals surface area contributed by atoms with Gasteiger partial charge in [0.25, 0.3) is 0 Å². The van der Waals surface area contributed by atoms with Crippen LogP contribution in [-0.2, 0) is 9.53 Å². The lowest BCUT2D eigenvalue weighted by Gasteiger charge is -2.33. The lowest BCUT2D eigenvalue weighted by Crippen LogP contribution is -2.23. The Hall–Kier alpha value is -0.790. The highest BCUT2D eigenvalue weighted by molar-refractivity contribution is 5.67. The van der Waals surface area contributed by atoms with Crippen molar-refractivity contribution in [3.63, 3.8) is 0 Å². The molecule has 14 heavy (non-hydrogen) atoms. The maximum Gasteiger partial charge on any atom is 0.307 e. The molecule has 0 N–H and O–H groups in total. The van der Waals surface area contributed by atoms with Crippen LogP contribution in [0.2, 0.25) is 0 Å². The lowest BCUT2D eigenvalue weighted by atomic mass is 9.74. The molecule has 0 radical (unpaired) electrons. The summed E-state index contributed by atoms with van der Waals surface area (Å²) < 4.78 is 5.14. The van der Waals surface area contributed by atoms with E-state index in [-0.39, 0.29) is 5.97 Å². The molecule has 80 valence electrons. The van der Waals surface area contributed by atoms with Gasteiger partial charge in [0, 0.05) is 13.3 Å². The topological polar surface area (TPSA) is 26.3 Å². The molecular formula is C12H20O2. The van der Waals surface area contributed by atoms with Crippen LogP contribution < -0.4 is 0 Å². The largest absolute Gasteiger partial charge is 0.432 e. The molecule has 0 heterocycles. The van der Waals surface area contributed by atoms with Crippen LogP contribution in [0, 0.1) is 11.3 Å². The third-order valence-electron chi connectivity index (χ3n) is 2.83. The van der Waals surface area contributed by atoms with E-state index < -0.39 is 0 Å². The highest BCUT2D eigenvalue weighted by Gasteiger charge is 2.28. The van der Waals surface area contributed by atoms with Crippen LogP contribution in [0.4, 0.5) is 0 Å². The van der Waals surface area contributed by atoms with Gasteiger partial charge in [0.05, 0.1) is 0 Å². The second-order valence-corrected chi connectivity index (χ2v) is 5.11. The smallest absolute Gasteiger partial charge is 0.307 e. The molecule has 0 fully saturated rings. The molecule has 0 saturated heterocycles. The van der Waals surface area contributed by atoms with Crippen molar-refractivity contribution in [1.29, 1.82) is 0 Å². The van der Waals surface area contributed by atoms with Crippen LogP contribution in [-0.4, -0.2) is 5.97 Å². The number of hydrogen-bond donors (Lipinski definition) is 0. The van der Waals surface area contributed by atoms with E-state index in [2.05, 4.69) is 20.8 Å². The number of allylic oxidation sites excluding steroid dienone is 2. The van der Waals surface area contributed by atoms with E-state index in [0.29, 0.717) is 11.3 Å². The molecule has 0 aliphatic heterocycles. The second kappa shape index (κ2) is 4.16. The van der Waals surface area contributed by atoms with E-state index in [1.807, 2.05) is 6.08 Å². The van der Waals surface area contributed by atoms with Crippen molar-refractivity contribution in [3.05, 3.63) is 11.8 Å². The molecule has 0 amide bonds. The summed E-state index contributed by atoms with van der Waals surface area (Å²) in [5.74, 6) is 1.29. The van der Waals surface area contributed by atoms with E-state index in [9.17, 15) is 4.79 Å². The summed E-state index contributed by atoms with van der Waals surface area (Å²) in [6, 6.07) is 0. The zero-order valence-corrected chi connectivity index (χ0v) is 9.59. The molecule has 2 heteroatoms. The van der Waals surface area contributed by atoms with E-state index in [0.717, 1.165) is 18.6 Å². The predicted octanol–water partition coefficient (Wildman–Crippen LogP) is 3.28. The molecule has 1 aliphatic carbocycles. The summed E-state index contributed by atoms with van der Waals surface area (Å²) in [5.41, 5.74) is 0.305. The minimum absolute atomic E-state index is 0.203. The van der Waals surface area contributed by atoms with E-state index in [1.165, 1.54) is 13.3 Å². The van der Waals surface area contributed by atoms with Crippen molar-refractivity contribution in [3.8, 4) is 0 Å². The Morgan fingerprint density at radius 2 is 2.14 bits per heavy atom. The first kappa shape index (κ1) is 11.3. The number of hydrogen-bond acceptors (Lipinski definition) is 2. The van der Waals surface area contributed by atoms with Gasteiger partial charge < -0.3 is 4.74 Å². The van der Waals surface area contributed by atoms with Gasteiger partial charge in [-0.25, -0.2) is 0 Å². The van der Waals surface area contributed by atoms with Crippen molar-refractivity contribution in [2.45, 2.75) is 47.0 Å². The molecular weight excluding hydrogens is 176 g/mol. The van der Waals surface area contributed by atoms with Gasteiger partial charge in [-0.05, 0) is 30.3 Å². The maximum absolute atomic E-state index is 10.8. The van der Waals surface area contributed by atoms with Crippen molar-refractivity contribution in [1.82, 2.24) is 0 Å². The van der Waals surface area contributed by atoms with Crippen molar-refractivity contribution in [2.24, 2.45) is 11.3 Å². The molecule has 0 aromatic rings. The summed E-state index contributed by atoms with van der Waals surface area (Å²) in [7, 11) is 0. The molecule has 0 aromatic carbocycles. The molecule has 0 saturated carbocycles. The molecule has 0 bridgehead atoms. The van der Waals surface area contributed by atoms with E-state index in [4.69, 9.17) is 4.74 Å². The number of carbonyl (C=O) groups is 1. The third kappa shape index (κ3) is 3.17.